The normalized spacial score (nSPS) is 18.0. The van der Waals surface area contributed by atoms with Gasteiger partial charge in [-0.25, -0.2) is 13.2 Å². The first-order valence-corrected chi connectivity index (χ1v) is 10.6. The standard InChI is InChI=1S/C24H26F3NO5/c1-14(29)33-18-9-5-15(6-10-18)19-11-12-20(31-2)23(32-13-21(26)27)22(19)28-24(30)16-3-7-17(25)8-4-16/h3-4,7-8,11-12,15,18,21H,5-6,9-10,13H2,1-2H3,(H,28,30). The Balaban J connectivity index is 1.94. The molecule has 1 fully saturated rings. The molecule has 1 amide bonds. The van der Waals surface area contributed by atoms with E-state index in [-0.39, 0.29) is 40.7 Å². The van der Waals surface area contributed by atoms with Gasteiger partial charge in [-0.1, -0.05) is 6.07 Å². The number of carbonyl (C=O) groups is 2. The van der Waals surface area contributed by atoms with Crippen molar-refractivity contribution in [2.24, 2.45) is 0 Å². The molecule has 1 N–H and O–H groups in total. The number of esters is 1. The largest absolute Gasteiger partial charge is 0.493 e. The third-order valence-corrected chi connectivity index (χ3v) is 5.52. The van der Waals surface area contributed by atoms with Gasteiger partial charge in [-0.15, -0.1) is 0 Å². The average molecular weight is 465 g/mol. The Morgan fingerprint density at radius 1 is 1.06 bits per heavy atom. The molecule has 0 saturated heterocycles. The lowest BCUT2D eigenvalue weighted by Gasteiger charge is -2.30. The second kappa shape index (κ2) is 11.1. The molecular formula is C24H26F3NO5. The number of carbonyl (C=O) groups excluding carboxylic acids is 2. The first kappa shape index (κ1) is 24.4. The predicted octanol–water partition coefficient (Wildman–Crippen LogP) is 5.32. The Labute approximate surface area is 190 Å². The van der Waals surface area contributed by atoms with Crippen molar-refractivity contribution < 1.29 is 37.0 Å². The van der Waals surface area contributed by atoms with Crippen molar-refractivity contribution in [1.29, 1.82) is 0 Å². The van der Waals surface area contributed by atoms with Gasteiger partial charge in [0.05, 0.1) is 12.8 Å². The predicted molar refractivity (Wildman–Crippen MR) is 116 cm³/mol. The second-order valence-electron chi connectivity index (χ2n) is 7.81. The fourth-order valence-electron chi connectivity index (χ4n) is 4.01. The van der Waals surface area contributed by atoms with Crippen LogP contribution in [0.2, 0.25) is 0 Å². The van der Waals surface area contributed by atoms with Crippen LogP contribution in [0.25, 0.3) is 0 Å². The maximum absolute atomic E-state index is 13.3. The summed E-state index contributed by atoms with van der Waals surface area (Å²) in [4.78, 5) is 24.1. The smallest absolute Gasteiger partial charge is 0.302 e. The van der Waals surface area contributed by atoms with Crippen LogP contribution in [-0.2, 0) is 9.53 Å². The molecule has 2 aromatic carbocycles. The van der Waals surface area contributed by atoms with Crippen molar-refractivity contribution >= 4 is 17.6 Å². The number of hydrogen-bond acceptors (Lipinski definition) is 5. The molecule has 0 heterocycles. The van der Waals surface area contributed by atoms with Crippen LogP contribution in [0, 0.1) is 5.82 Å². The van der Waals surface area contributed by atoms with Gasteiger partial charge < -0.3 is 19.5 Å². The van der Waals surface area contributed by atoms with Gasteiger partial charge in [0.15, 0.2) is 11.5 Å². The molecule has 33 heavy (non-hydrogen) atoms. The molecule has 0 spiro atoms. The molecule has 0 atom stereocenters. The van der Waals surface area contributed by atoms with Gasteiger partial charge >= 0.3 is 5.97 Å². The van der Waals surface area contributed by atoms with E-state index in [0.717, 1.165) is 12.1 Å². The molecule has 0 unspecified atom stereocenters. The number of ether oxygens (including phenoxy) is 3. The van der Waals surface area contributed by atoms with E-state index in [1.165, 1.54) is 26.2 Å². The molecular weight excluding hydrogens is 439 g/mol. The van der Waals surface area contributed by atoms with Gasteiger partial charge in [0.1, 0.15) is 18.5 Å². The van der Waals surface area contributed by atoms with Gasteiger partial charge in [0.25, 0.3) is 12.3 Å². The fourth-order valence-corrected chi connectivity index (χ4v) is 4.01. The molecule has 9 heteroatoms. The minimum Gasteiger partial charge on any atom is -0.493 e. The van der Waals surface area contributed by atoms with Crippen LogP contribution in [0.15, 0.2) is 36.4 Å². The molecule has 2 aromatic rings. The summed E-state index contributed by atoms with van der Waals surface area (Å²) in [6.45, 7) is 0.490. The summed E-state index contributed by atoms with van der Waals surface area (Å²) < 4.78 is 55.1. The number of anilines is 1. The third-order valence-electron chi connectivity index (χ3n) is 5.52. The zero-order valence-corrected chi connectivity index (χ0v) is 18.4. The Kier molecular flexibility index (Phi) is 8.19. The number of benzene rings is 2. The van der Waals surface area contributed by atoms with Crippen molar-refractivity contribution in [2.75, 3.05) is 19.0 Å². The van der Waals surface area contributed by atoms with Crippen LogP contribution >= 0.6 is 0 Å². The maximum atomic E-state index is 13.3. The zero-order valence-electron chi connectivity index (χ0n) is 18.4. The van der Waals surface area contributed by atoms with Gasteiger partial charge in [-0.2, -0.15) is 0 Å². The monoisotopic (exact) mass is 465 g/mol. The molecule has 1 aliphatic rings. The number of alkyl halides is 2. The summed E-state index contributed by atoms with van der Waals surface area (Å²) >= 11 is 0. The number of nitrogens with one attached hydrogen (secondary N) is 1. The van der Waals surface area contributed by atoms with E-state index in [2.05, 4.69) is 5.32 Å². The highest BCUT2D eigenvalue weighted by atomic mass is 19.3. The summed E-state index contributed by atoms with van der Waals surface area (Å²) in [6.07, 6.45) is -0.304. The highest BCUT2D eigenvalue weighted by Gasteiger charge is 2.29. The van der Waals surface area contributed by atoms with Crippen LogP contribution in [0.4, 0.5) is 18.9 Å². The first-order chi connectivity index (χ1) is 15.8. The minimum absolute atomic E-state index is 0.00729. The van der Waals surface area contributed by atoms with Crippen molar-refractivity contribution in [1.82, 2.24) is 0 Å². The Morgan fingerprint density at radius 2 is 1.73 bits per heavy atom. The van der Waals surface area contributed by atoms with Gasteiger partial charge in [-0.3, -0.25) is 9.59 Å². The van der Waals surface area contributed by atoms with E-state index in [1.807, 2.05) is 0 Å². The molecule has 1 aliphatic carbocycles. The number of halogens is 3. The Bertz CT molecular complexity index is 973. The summed E-state index contributed by atoms with van der Waals surface area (Å²) in [6, 6.07) is 8.35. The lowest BCUT2D eigenvalue weighted by Crippen LogP contribution is -2.24. The van der Waals surface area contributed by atoms with Crippen LogP contribution in [0.5, 0.6) is 11.5 Å². The van der Waals surface area contributed by atoms with Crippen LogP contribution in [-0.4, -0.2) is 38.1 Å². The van der Waals surface area contributed by atoms with Gasteiger partial charge in [0, 0.05) is 12.5 Å². The maximum Gasteiger partial charge on any atom is 0.302 e. The second-order valence-corrected chi connectivity index (χ2v) is 7.81. The quantitative estimate of drug-likeness (QED) is 0.534. The van der Waals surface area contributed by atoms with Crippen LogP contribution in [0.1, 0.15) is 54.4 Å². The molecule has 178 valence electrons. The summed E-state index contributed by atoms with van der Waals surface area (Å²) in [5.74, 6) is -1.19. The van der Waals surface area contributed by atoms with E-state index >= 15 is 0 Å². The number of methoxy groups -OCH3 is 1. The van der Waals surface area contributed by atoms with E-state index in [4.69, 9.17) is 14.2 Å². The Hall–Kier alpha value is -3.23. The lowest BCUT2D eigenvalue weighted by molar-refractivity contribution is -0.147. The molecule has 6 nitrogen and oxygen atoms in total. The number of rotatable bonds is 8. The van der Waals surface area contributed by atoms with Crippen molar-refractivity contribution in [3.05, 3.63) is 53.3 Å². The van der Waals surface area contributed by atoms with E-state index < -0.39 is 24.8 Å². The van der Waals surface area contributed by atoms with Gasteiger partial charge in [0.2, 0.25) is 0 Å². The molecule has 1 saturated carbocycles. The van der Waals surface area contributed by atoms with Gasteiger partial charge in [-0.05, 0) is 67.5 Å². The lowest BCUT2D eigenvalue weighted by atomic mass is 9.81. The summed E-state index contributed by atoms with van der Waals surface area (Å²) in [5.41, 5.74) is 1.14. The minimum atomic E-state index is -2.72. The topological polar surface area (TPSA) is 73.9 Å². The van der Waals surface area contributed by atoms with E-state index in [9.17, 15) is 22.8 Å². The molecule has 0 radical (unpaired) electrons. The number of hydrogen-bond donors (Lipinski definition) is 1. The molecule has 0 aromatic heterocycles. The molecule has 0 bridgehead atoms. The SMILES string of the molecule is COc1ccc(C2CCC(OC(C)=O)CC2)c(NC(=O)c2ccc(F)cc2)c1OCC(F)F. The van der Waals surface area contributed by atoms with Crippen molar-refractivity contribution in [2.45, 2.75) is 51.1 Å². The van der Waals surface area contributed by atoms with Crippen LogP contribution in [0.3, 0.4) is 0 Å². The van der Waals surface area contributed by atoms with Crippen molar-refractivity contribution in [3.63, 3.8) is 0 Å². The van der Waals surface area contributed by atoms with E-state index in [0.29, 0.717) is 31.2 Å². The van der Waals surface area contributed by atoms with Crippen LogP contribution < -0.4 is 14.8 Å². The third kappa shape index (κ3) is 6.40. The Morgan fingerprint density at radius 3 is 2.30 bits per heavy atom. The van der Waals surface area contributed by atoms with E-state index in [1.54, 1.807) is 12.1 Å². The fraction of sp³-hybridized carbons (Fsp3) is 0.417. The van der Waals surface area contributed by atoms with Crippen molar-refractivity contribution in [3.8, 4) is 11.5 Å². The highest BCUT2D eigenvalue weighted by molar-refractivity contribution is 6.05. The first-order valence-electron chi connectivity index (χ1n) is 10.6. The number of amides is 1. The average Bonchev–Trinajstić information content (AvgIpc) is 2.78. The molecule has 3 rings (SSSR count). The summed E-state index contributed by atoms with van der Waals surface area (Å²) in [7, 11) is 1.38. The summed E-state index contributed by atoms with van der Waals surface area (Å²) in [5, 5.41) is 2.76. The zero-order chi connectivity index (χ0) is 24.0. The highest BCUT2D eigenvalue weighted by Crippen LogP contribution is 2.45. The molecule has 0 aliphatic heterocycles.